The number of hydrogen-bond acceptors (Lipinski definition) is 5. The number of hydrogen-bond donors (Lipinski definition) is 1. The number of pyridine rings is 1. The summed E-state index contributed by atoms with van der Waals surface area (Å²) in [5, 5.41) is 4.72. The summed E-state index contributed by atoms with van der Waals surface area (Å²) in [4.78, 5) is 36.8. The van der Waals surface area contributed by atoms with Gasteiger partial charge >= 0.3 is 5.97 Å². The Bertz CT molecular complexity index is 1100. The van der Waals surface area contributed by atoms with Crippen LogP contribution in [0.25, 0.3) is 11.1 Å². The van der Waals surface area contributed by atoms with E-state index < -0.39 is 23.3 Å². The van der Waals surface area contributed by atoms with Crippen molar-refractivity contribution < 1.29 is 18.7 Å². The van der Waals surface area contributed by atoms with Gasteiger partial charge in [0, 0.05) is 23.2 Å². The van der Waals surface area contributed by atoms with Crippen LogP contribution in [0.4, 0.5) is 9.39 Å². The molecule has 0 fully saturated rings. The quantitative estimate of drug-likeness (QED) is 0.622. The summed E-state index contributed by atoms with van der Waals surface area (Å²) in [5.41, 5.74) is 2.29. The van der Waals surface area contributed by atoms with Gasteiger partial charge < -0.3 is 14.6 Å². The maximum atomic E-state index is 13.3. The molecule has 0 spiro atoms. The van der Waals surface area contributed by atoms with Crippen LogP contribution in [0.5, 0.6) is 0 Å². The van der Waals surface area contributed by atoms with Gasteiger partial charge in [-0.05, 0) is 25.5 Å². The predicted octanol–water partition coefficient (Wildman–Crippen LogP) is 3.84. The second-order valence-corrected chi connectivity index (χ2v) is 7.18. The van der Waals surface area contributed by atoms with Gasteiger partial charge in [0.05, 0.1) is 6.61 Å². The average Bonchev–Trinajstić information content (AvgIpc) is 3.09. The van der Waals surface area contributed by atoms with Gasteiger partial charge in [0.15, 0.2) is 0 Å². The number of aromatic nitrogens is 1. The highest BCUT2D eigenvalue weighted by molar-refractivity contribution is 7.15. The maximum absolute atomic E-state index is 13.3. The number of carbonyl (C=O) groups is 2. The molecule has 1 amide bonds. The van der Waals surface area contributed by atoms with Crippen LogP contribution < -0.4 is 10.9 Å². The molecule has 0 aliphatic heterocycles. The van der Waals surface area contributed by atoms with Crippen molar-refractivity contribution in [2.75, 3.05) is 11.9 Å². The van der Waals surface area contributed by atoms with Crippen molar-refractivity contribution in [2.24, 2.45) is 0 Å². The zero-order valence-corrected chi connectivity index (χ0v) is 16.7. The van der Waals surface area contributed by atoms with Crippen molar-refractivity contribution in [2.45, 2.75) is 20.4 Å². The molecule has 0 atom stereocenters. The van der Waals surface area contributed by atoms with E-state index in [0.717, 1.165) is 34.0 Å². The molecule has 8 heteroatoms. The van der Waals surface area contributed by atoms with Crippen LogP contribution in [-0.2, 0) is 16.1 Å². The minimum atomic E-state index is -0.623. The van der Waals surface area contributed by atoms with Gasteiger partial charge in [-0.3, -0.25) is 9.59 Å². The molecule has 1 aromatic carbocycles. The van der Waals surface area contributed by atoms with E-state index in [1.807, 2.05) is 31.2 Å². The molecule has 0 saturated carbocycles. The van der Waals surface area contributed by atoms with E-state index in [9.17, 15) is 18.8 Å². The van der Waals surface area contributed by atoms with E-state index in [1.54, 1.807) is 12.3 Å². The van der Waals surface area contributed by atoms with Gasteiger partial charge in [0.2, 0.25) is 5.91 Å². The maximum Gasteiger partial charge on any atom is 0.341 e. The van der Waals surface area contributed by atoms with E-state index in [4.69, 9.17) is 4.74 Å². The predicted molar refractivity (Wildman–Crippen MR) is 110 cm³/mol. The van der Waals surface area contributed by atoms with Crippen LogP contribution in [0.15, 0.2) is 52.8 Å². The van der Waals surface area contributed by atoms with E-state index in [1.165, 1.54) is 11.3 Å². The molecule has 1 N–H and O–H groups in total. The SMILES string of the molecule is CCOC(=O)c1c(-c2ccc(C)cc2)csc1NC(=O)Cn1cc(F)ccc1=O. The van der Waals surface area contributed by atoms with Crippen LogP contribution in [0, 0.1) is 12.7 Å². The van der Waals surface area contributed by atoms with Crippen molar-refractivity contribution in [3.63, 3.8) is 0 Å². The second kappa shape index (κ2) is 8.83. The largest absolute Gasteiger partial charge is 0.462 e. The van der Waals surface area contributed by atoms with Crippen LogP contribution >= 0.6 is 11.3 Å². The number of amides is 1. The first-order chi connectivity index (χ1) is 13.9. The molecular formula is C21H19FN2O4S. The lowest BCUT2D eigenvalue weighted by Gasteiger charge is -2.10. The molecule has 0 radical (unpaired) electrons. The molecule has 0 unspecified atom stereocenters. The monoisotopic (exact) mass is 414 g/mol. The first kappa shape index (κ1) is 20.5. The fourth-order valence-electron chi connectivity index (χ4n) is 2.75. The van der Waals surface area contributed by atoms with Crippen molar-refractivity contribution in [1.29, 1.82) is 0 Å². The number of halogens is 1. The van der Waals surface area contributed by atoms with Crippen molar-refractivity contribution in [3.8, 4) is 11.1 Å². The Morgan fingerprint density at radius 3 is 2.59 bits per heavy atom. The fourth-order valence-corrected chi connectivity index (χ4v) is 3.72. The number of rotatable bonds is 6. The van der Waals surface area contributed by atoms with Gasteiger partial charge in [-0.1, -0.05) is 29.8 Å². The molecule has 0 bridgehead atoms. The van der Waals surface area contributed by atoms with E-state index >= 15 is 0 Å². The summed E-state index contributed by atoms with van der Waals surface area (Å²) in [6, 6.07) is 9.71. The first-order valence-corrected chi connectivity index (χ1v) is 9.78. The fraction of sp³-hybridized carbons (Fsp3) is 0.190. The Labute approximate surface area is 170 Å². The zero-order valence-electron chi connectivity index (χ0n) is 15.9. The van der Waals surface area contributed by atoms with Crippen LogP contribution in [0.3, 0.4) is 0 Å². The molecule has 3 rings (SSSR count). The Hall–Kier alpha value is -3.26. The first-order valence-electron chi connectivity index (χ1n) is 8.90. The number of ether oxygens (including phenoxy) is 1. The van der Waals surface area contributed by atoms with Crippen LogP contribution in [-0.4, -0.2) is 23.1 Å². The summed E-state index contributed by atoms with van der Waals surface area (Å²) in [7, 11) is 0. The number of aryl methyl sites for hydroxylation is 1. The Morgan fingerprint density at radius 2 is 1.90 bits per heavy atom. The normalized spacial score (nSPS) is 10.6. The summed E-state index contributed by atoms with van der Waals surface area (Å²) in [5.74, 6) is -1.73. The molecule has 6 nitrogen and oxygen atoms in total. The summed E-state index contributed by atoms with van der Waals surface area (Å²) in [6.45, 7) is 3.47. The van der Waals surface area contributed by atoms with Gasteiger partial charge in [0.25, 0.3) is 5.56 Å². The van der Waals surface area contributed by atoms with Gasteiger partial charge in [-0.2, -0.15) is 0 Å². The summed E-state index contributed by atoms with van der Waals surface area (Å²) < 4.78 is 19.5. The smallest absolute Gasteiger partial charge is 0.341 e. The topological polar surface area (TPSA) is 77.4 Å². The molecule has 0 saturated heterocycles. The summed E-state index contributed by atoms with van der Waals surface area (Å²) >= 11 is 1.18. The minimum Gasteiger partial charge on any atom is -0.462 e. The molecule has 29 heavy (non-hydrogen) atoms. The third-order valence-corrected chi connectivity index (χ3v) is 5.04. The molecular weight excluding hydrogens is 395 g/mol. The summed E-state index contributed by atoms with van der Waals surface area (Å²) in [6.07, 6.45) is 0.959. The number of thiophene rings is 1. The third kappa shape index (κ3) is 4.78. The highest BCUT2D eigenvalue weighted by Gasteiger charge is 2.23. The number of anilines is 1. The van der Waals surface area contributed by atoms with Crippen molar-refractivity contribution in [3.05, 3.63) is 75.3 Å². The number of esters is 1. The third-order valence-electron chi connectivity index (χ3n) is 4.15. The number of nitrogens with one attached hydrogen (secondary N) is 1. The molecule has 2 heterocycles. The van der Waals surface area contributed by atoms with Gasteiger partial charge in [-0.15, -0.1) is 11.3 Å². The number of carbonyl (C=O) groups excluding carboxylic acids is 2. The van der Waals surface area contributed by atoms with Gasteiger partial charge in [-0.25, -0.2) is 9.18 Å². The number of nitrogens with zero attached hydrogens (tertiary/aromatic N) is 1. The van der Waals surface area contributed by atoms with Crippen molar-refractivity contribution >= 4 is 28.2 Å². The molecule has 0 aliphatic rings. The lowest BCUT2D eigenvalue weighted by molar-refractivity contribution is -0.116. The average molecular weight is 414 g/mol. The van der Waals surface area contributed by atoms with E-state index in [2.05, 4.69) is 5.32 Å². The second-order valence-electron chi connectivity index (χ2n) is 6.30. The highest BCUT2D eigenvalue weighted by atomic mass is 32.1. The minimum absolute atomic E-state index is 0.189. The molecule has 2 aromatic heterocycles. The van der Waals surface area contributed by atoms with E-state index in [0.29, 0.717) is 10.6 Å². The molecule has 3 aromatic rings. The lowest BCUT2D eigenvalue weighted by Crippen LogP contribution is -2.27. The van der Waals surface area contributed by atoms with E-state index in [-0.39, 0.29) is 18.7 Å². The zero-order chi connectivity index (χ0) is 21.0. The van der Waals surface area contributed by atoms with Crippen LogP contribution in [0.2, 0.25) is 0 Å². The lowest BCUT2D eigenvalue weighted by atomic mass is 10.0. The van der Waals surface area contributed by atoms with Gasteiger partial charge in [0.1, 0.15) is 22.9 Å². The molecule has 150 valence electrons. The Morgan fingerprint density at radius 1 is 1.17 bits per heavy atom. The highest BCUT2D eigenvalue weighted by Crippen LogP contribution is 2.36. The van der Waals surface area contributed by atoms with Crippen LogP contribution in [0.1, 0.15) is 22.8 Å². The van der Waals surface area contributed by atoms with Crippen molar-refractivity contribution in [1.82, 2.24) is 4.57 Å². The molecule has 0 aliphatic carbocycles. The Balaban J connectivity index is 1.91. The number of benzene rings is 1. The standard InChI is InChI=1S/C21H19FN2O4S/c1-3-28-21(27)19-16(14-6-4-13(2)5-7-14)12-29-20(19)23-17(25)11-24-10-15(22)8-9-18(24)26/h4-10,12H,3,11H2,1-2H3,(H,23,25). The Kier molecular flexibility index (Phi) is 6.23.